The van der Waals surface area contributed by atoms with Crippen LogP contribution < -0.4 is 0 Å². The summed E-state index contributed by atoms with van der Waals surface area (Å²) >= 11 is 2.21. The van der Waals surface area contributed by atoms with Crippen LogP contribution in [-0.4, -0.2) is 21.5 Å². The Morgan fingerprint density at radius 2 is 1.45 bits per heavy atom. The molecular weight excluding hydrogens is 391 g/mol. The Morgan fingerprint density at radius 1 is 0.955 bits per heavy atom. The van der Waals surface area contributed by atoms with Crippen LogP contribution in [0.4, 0.5) is 0 Å². The van der Waals surface area contributed by atoms with Gasteiger partial charge in [0.05, 0.1) is 11.4 Å². The van der Waals surface area contributed by atoms with Gasteiger partial charge in [-0.2, -0.15) is 0 Å². The lowest BCUT2D eigenvalue weighted by molar-refractivity contribution is 0.0971. The van der Waals surface area contributed by atoms with Gasteiger partial charge < -0.3 is 0 Å². The summed E-state index contributed by atoms with van der Waals surface area (Å²) in [5.74, 6) is -0.00154. The van der Waals surface area contributed by atoms with E-state index in [1.165, 1.54) is 0 Å². The summed E-state index contributed by atoms with van der Waals surface area (Å²) in [6, 6.07) is 6.87. The van der Waals surface area contributed by atoms with Gasteiger partial charge >= 0.3 is 0 Å². The molecule has 0 radical (unpaired) electrons. The van der Waals surface area contributed by atoms with Crippen LogP contribution in [0.2, 0.25) is 0 Å². The summed E-state index contributed by atoms with van der Waals surface area (Å²) in [4.78, 5) is 34.2. The van der Waals surface area contributed by atoms with Crippen molar-refractivity contribution in [2.24, 2.45) is 5.92 Å². The number of carbonyl (C=O) groups excluding carboxylic acids is 2. The molecule has 1 aromatic carbocycles. The van der Waals surface area contributed by atoms with Crippen LogP contribution >= 0.6 is 22.6 Å². The van der Waals surface area contributed by atoms with E-state index in [2.05, 4.69) is 46.4 Å². The molecule has 0 atom stereocenters. The van der Waals surface area contributed by atoms with E-state index in [1.54, 1.807) is 24.3 Å². The third-order valence-electron chi connectivity index (χ3n) is 3.63. The number of nitrogens with zero attached hydrogens (tertiary/aromatic N) is 2. The molecule has 0 aliphatic heterocycles. The van der Waals surface area contributed by atoms with E-state index in [-0.39, 0.29) is 23.0 Å². The molecular formula is C17H15IN2O2. The van der Waals surface area contributed by atoms with Gasteiger partial charge in [0.2, 0.25) is 11.6 Å². The molecule has 0 unspecified atom stereocenters. The van der Waals surface area contributed by atoms with Gasteiger partial charge in [-0.3, -0.25) is 9.59 Å². The van der Waals surface area contributed by atoms with Crippen LogP contribution in [0.25, 0.3) is 0 Å². The molecule has 5 heteroatoms. The molecule has 1 heterocycles. The van der Waals surface area contributed by atoms with Crippen LogP contribution in [0.15, 0.2) is 24.3 Å². The summed E-state index contributed by atoms with van der Waals surface area (Å²) in [6.45, 7) is 4.20. The summed E-state index contributed by atoms with van der Waals surface area (Å²) in [7, 11) is 0. The van der Waals surface area contributed by atoms with Gasteiger partial charge in [0.1, 0.15) is 11.4 Å². The highest BCUT2D eigenvalue weighted by Gasteiger charge is 2.33. The minimum atomic E-state index is -0.208. The third-order valence-corrected chi connectivity index (χ3v) is 4.35. The molecule has 3 rings (SSSR count). The fourth-order valence-electron chi connectivity index (χ4n) is 2.61. The van der Waals surface area contributed by atoms with E-state index in [1.807, 2.05) is 0 Å². The second-order valence-corrected chi connectivity index (χ2v) is 6.51. The molecule has 0 spiro atoms. The van der Waals surface area contributed by atoms with Crippen molar-refractivity contribution in [3.05, 3.63) is 58.2 Å². The fraction of sp³-hybridized carbons (Fsp3) is 0.294. The van der Waals surface area contributed by atoms with Crippen LogP contribution in [0.1, 0.15) is 57.3 Å². The zero-order valence-corrected chi connectivity index (χ0v) is 14.5. The minimum Gasteiger partial charge on any atom is -0.287 e. The molecule has 1 aliphatic rings. The summed E-state index contributed by atoms with van der Waals surface area (Å²) in [5, 5.41) is 0. The molecule has 1 aliphatic carbocycles. The quantitative estimate of drug-likeness (QED) is 0.494. The number of rotatable bonds is 3. The van der Waals surface area contributed by atoms with Gasteiger partial charge in [0, 0.05) is 15.6 Å². The maximum Gasteiger partial charge on any atom is 0.214 e. The lowest BCUT2D eigenvalue weighted by Gasteiger charge is -2.18. The predicted molar refractivity (Wildman–Crippen MR) is 91.6 cm³/mol. The van der Waals surface area contributed by atoms with Crippen LogP contribution in [0, 0.1) is 5.92 Å². The first-order valence-electron chi connectivity index (χ1n) is 7.17. The van der Waals surface area contributed by atoms with E-state index in [9.17, 15) is 9.59 Å². The number of ketones is 2. The smallest absolute Gasteiger partial charge is 0.214 e. The zero-order valence-electron chi connectivity index (χ0n) is 12.4. The van der Waals surface area contributed by atoms with E-state index in [0.717, 1.165) is 17.8 Å². The molecule has 4 nitrogen and oxygen atoms in total. The maximum atomic E-state index is 12.6. The van der Waals surface area contributed by atoms with Gasteiger partial charge in [-0.1, -0.05) is 60.7 Å². The largest absolute Gasteiger partial charge is 0.287 e. The Kier molecular flexibility index (Phi) is 4.08. The monoisotopic (exact) mass is 406 g/mol. The van der Waals surface area contributed by atoms with Crippen molar-refractivity contribution in [1.82, 2.24) is 9.97 Å². The van der Waals surface area contributed by atoms with Crippen molar-refractivity contribution in [3.63, 3.8) is 0 Å². The number of benzene rings is 1. The van der Waals surface area contributed by atoms with Crippen molar-refractivity contribution < 1.29 is 9.59 Å². The van der Waals surface area contributed by atoms with Crippen molar-refractivity contribution in [2.45, 2.75) is 24.7 Å². The number of carbonyl (C=O) groups is 2. The van der Waals surface area contributed by atoms with Crippen LogP contribution in [0.5, 0.6) is 0 Å². The Bertz CT molecular complexity index is 784. The number of fused-ring (bicyclic) bond motifs is 2. The van der Waals surface area contributed by atoms with Crippen molar-refractivity contribution in [1.29, 1.82) is 0 Å². The number of alkyl halides is 1. The van der Waals surface area contributed by atoms with Gasteiger partial charge in [-0.05, 0) is 12.3 Å². The van der Waals surface area contributed by atoms with Crippen LogP contribution in [-0.2, 0) is 10.8 Å². The standard InChI is InChI=1S/C17H15IN2O2/c1-9(2)7-12-13(8-18)20-15-14(19-12)16(21)10-5-3-4-6-11(10)17(15)22/h3-6,9H,7-8H2,1-2H3. The molecule has 1 aromatic heterocycles. The van der Waals surface area contributed by atoms with E-state index in [0.29, 0.717) is 21.5 Å². The van der Waals surface area contributed by atoms with Gasteiger partial charge in [-0.25, -0.2) is 9.97 Å². The highest BCUT2D eigenvalue weighted by Crippen LogP contribution is 2.26. The first-order chi connectivity index (χ1) is 10.5. The maximum absolute atomic E-state index is 12.6. The van der Waals surface area contributed by atoms with Crippen molar-refractivity contribution in [3.8, 4) is 0 Å². The van der Waals surface area contributed by atoms with E-state index >= 15 is 0 Å². The second kappa shape index (κ2) is 5.87. The molecule has 112 valence electrons. The van der Waals surface area contributed by atoms with Gasteiger partial charge in [0.25, 0.3) is 0 Å². The molecule has 0 saturated carbocycles. The number of hydrogen-bond donors (Lipinski definition) is 0. The first kappa shape index (κ1) is 15.3. The predicted octanol–water partition coefficient (Wildman–Crippen LogP) is 3.39. The number of aromatic nitrogens is 2. The highest BCUT2D eigenvalue weighted by molar-refractivity contribution is 14.1. The summed E-state index contributed by atoms with van der Waals surface area (Å²) in [6.07, 6.45) is 0.752. The SMILES string of the molecule is CC(C)Cc1nc2c(nc1CI)C(=O)c1ccccc1C2=O. The highest BCUT2D eigenvalue weighted by atomic mass is 127. The summed E-state index contributed by atoms with van der Waals surface area (Å²) in [5.41, 5.74) is 2.87. The molecule has 0 saturated heterocycles. The first-order valence-corrected chi connectivity index (χ1v) is 8.69. The summed E-state index contributed by atoms with van der Waals surface area (Å²) < 4.78 is 0.670. The van der Waals surface area contributed by atoms with Crippen LogP contribution in [0.3, 0.4) is 0 Å². The molecule has 2 aromatic rings. The normalized spacial score (nSPS) is 13.3. The lowest BCUT2D eigenvalue weighted by atomic mass is 9.89. The average Bonchev–Trinajstić information content (AvgIpc) is 2.51. The van der Waals surface area contributed by atoms with Crippen molar-refractivity contribution >= 4 is 34.2 Å². The van der Waals surface area contributed by atoms with E-state index < -0.39 is 0 Å². The number of hydrogen-bond acceptors (Lipinski definition) is 4. The fourth-order valence-corrected chi connectivity index (χ4v) is 3.22. The Morgan fingerprint density at radius 3 is 1.91 bits per heavy atom. The third kappa shape index (κ3) is 2.47. The Hall–Kier alpha value is -1.63. The van der Waals surface area contributed by atoms with Gasteiger partial charge in [0.15, 0.2) is 0 Å². The molecule has 0 bridgehead atoms. The minimum absolute atomic E-state index is 0.197. The Labute approximate surface area is 142 Å². The lowest BCUT2D eigenvalue weighted by Crippen LogP contribution is -2.25. The topological polar surface area (TPSA) is 59.9 Å². The molecule has 22 heavy (non-hydrogen) atoms. The molecule has 0 amide bonds. The second-order valence-electron chi connectivity index (χ2n) is 5.75. The number of halogens is 1. The molecule has 0 fully saturated rings. The Balaban J connectivity index is 2.20. The average molecular weight is 406 g/mol. The van der Waals surface area contributed by atoms with E-state index in [4.69, 9.17) is 0 Å². The van der Waals surface area contributed by atoms with Gasteiger partial charge in [-0.15, -0.1) is 0 Å². The zero-order chi connectivity index (χ0) is 15.9. The molecule has 0 N–H and O–H groups in total. The van der Waals surface area contributed by atoms with Crippen molar-refractivity contribution in [2.75, 3.05) is 0 Å².